The molecule has 1 aliphatic carbocycles. The Morgan fingerprint density at radius 2 is 1.54 bits per heavy atom. The summed E-state index contributed by atoms with van der Waals surface area (Å²) >= 11 is 0. The highest BCUT2D eigenvalue weighted by molar-refractivity contribution is 5.98. The lowest BCUT2D eigenvalue weighted by molar-refractivity contribution is 0.0734. The fourth-order valence-electron chi connectivity index (χ4n) is 5.81. The molecule has 4 aromatic rings. The van der Waals surface area contributed by atoms with Gasteiger partial charge in [0, 0.05) is 6.54 Å². The highest BCUT2D eigenvalue weighted by Crippen LogP contribution is 2.41. The number of aromatic hydroxyl groups is 1. The number of likely N-dealkylation sites (tertiary alicyclic amines) is 1. The van der Waals surface area contributed by atoms with E-state index >= 15 is 0 Å². The first-order valence-electron chi connectivity index (χ1n) is 14.5. The Morgan fingerprint density at radius 1 is 0.805 bits per heavy atom. The highest BCUT2D eigenvalue weighted by Gasteiger charge is 2.23. The Hall–Kier alpha value is -4.35. The van der Waals surface area contributed by atoms with Crippen molar-refractivity contribution in [1.82, 2.24) is 4.90 Å². The predicted octanol–water partition coefficient (Wildman–Crippen LogP) is 7.19. The van der Waals surface area contributed by atoms with Gasteiger partial charge in [0.1, 0.15) is 23.9 Å². The molecule has 0 saturated carbocycles. The number of hydrogen-bond donors (Lipinski definition) is 1. The van der Waals surface area contributed by atoms with E-state index < -0.39 is 0 Å². The van der Waals surface area contributed by atoms with Gasteiger partial charge in [-0.25, -0.2) is 4.79 Å². The molecule has 0 unspecified atom stereocenters. The SMILES string of the molecule is O=C(Oc1ccc(C2=C(Cc3ccc(OCCN4CCCCC4)cc3)c3ccc(O)cc3C2)cc1)c1ccccc1. The van der Waals surface area contributed by atoms with Crippen LogP contribution >= 0.6 is 0 Å². The number of ether oxygens (including phenoxy) is 2. The van der Waals surface area contributed by atoms with Crippen molar-refractivity contribution in [3.8, 4) is 17.2 Å². The number of piperidine rings is 1. The highest BCUT2D eigenvalue weighted by atomic mass is 16.5. The van der Waals surface area contributed by atoms with Crippen molar-refractivity contribution < 1.29 is 19.4 Å². The quantitative estimate of drug-likeness (QED) is 0.178. The van der Waals surface area contributed by atoms with E-state index in [1.807, 2.05) is 54.6 Å². The standard InChI is InChI=1S/C36H35NO4/c38-30-13-18-33-29(24-30)25-34(27-11-16-32(17-12-27)41-36(39)28-7-3-1-4-8-28)35(33)23-26-9-14-31(15-10-26)40-22-21-37-19-5-2-6-20-37/h1,3-4,7-18,24,38H,2,5-6,19-23,25H2. The van der Waals surface area contributed by atoms with E-state index in [1.54, 1.807) is 18.2 Å². The molecule has 1 fully saturated rings. The molecule has 5 heteroatoms. The summed E-state index contributed by atoms with van der Waals surface area (Å²) < 4.78 is 11.6. The van der Waals surface area contributed by atoms with Crippen LogP contribution in [0, 0.1) is 0 Å². The van der Waals surface area contributed by atoms with Crippen molar-refractivity contribution in [3.05, 3.63) is 125 Å². The third kappa shape index (κ3) is 6.53. The summed E-state index contributed by atoms with van der Waals surface area (Å²) in [6.07, 6.45) is 5.44. The van der Waals surface area contributed by atoms with Gasteiger partial charge in [-0.1, -0.05) is 55.0 Å². The first-order valence-corrected chi connectivity index (χ1v) is 14.5. The van der Waals surface area contributed by atoms with E-state index in [1.165, 1.54) is 54.6 Å². The number of nitrogens with zero attached hydrogens (tertiary/aromatic N) is 1. The number of phenols is 1. The molecular weight excluding hydrogens is 510 g/mol. The second-order valence-electron chi connectivity index (χ2n) is 10.8. The Balaban J connectivity index is 1.17. The van der Waals surface area contributed by atoms with Gasteiger partial charge in [0.2, 0.25) is 0 Å². The molecule has 6 rings (SSSR count). The maximum absolute atomic E-state index is 12.5. The van der Waals surface area contributed by atoms with Gasteiger partial charge in [-0.05, 0) is 121 Å². The van der Waals surface area contributed by atoms with Gasteiger partial charge < -0.3 is 14.6 Å². The van der Waals surface area contributed by atoms with Crippen LogP contribution in [0.4, 0.5) is 0 Å². The predicted molar refractivity (Wildman–Crippen MR) is 162 cm³/mol. The molecule has 1 heterocycles. The largest absolute Gasteiger partial charge is 0.508 e. The zero-order valence-corrected chi connectivity index (χ0v) is 23.2. The zero-order chi connectivity index (χ0) is 28.0. The van der Waals surface area contributed by atoms with E-state index in [-0.39, 0.29) is 11.7 Å². The molecule has 0 bridgehead atoms. The number of carbonyl (C=O) groups is 1. The number of hydrogen-bond acceptors (Lipinski definition) is 5. The van der Waals surface area contributed by atoms with Gasteiger partial charge in [-0.3, -0.25) is 4.90 Å². The number of fused-ring (bicyclic) bond motifs is 1. The lowest BCUT2D eigenvalue weighted by atomic mass is 9.95. The Bertz CT molecular complexity index is 1520. The average molecular weight is 546 g/mol. The fraction of sp³-hybridized carbons (Fsp3) is 0.250. The summed E-state index contributed by atoms with van der Waals surface area (Å²) in [5, 5.41) is 10.1. The van der Waals surface area contributed by atoms with Crippen molar-refractivity contribution in [3.63, 3.8) is 0 Å². The molecule has 0 aromatic heterocycles. The van der Waals surface area contributed by atoms with Gasteiger partial charge in [0.15, 0.2) is 0 Å². The number of rotatable bonds is 9. The molecule has 41 heavy (non-hydrogen) atoms. The molecule has 0 spiro atoms. The number of esters is 1. The number of phenolic OH excluding ortho intramolecular Hbond substituents is 1. The molecule has 0 atom stereocenters. The summed E-state index contributed by atoms with van der Waals surface area (Å²) in [4.78, 5) is 15.0. The topological polar surface area (TPSA) is 59.0 Å². The third-order valence-corrected chi connectivity index (χ3v) is 8.00. The van der Waals surface area contributed by atoms with E-state index in [2.05, 4.69) is 29.2 Å². The Labute approximate surface area is 241 Å². The van der Waals surface area contributed by atoms with Crippen molar-refractivity contribution in [2.24, 2.45) is 0 Å². The molecule has 0 amide bonds. The molecule has 1 aliphatic heterocycles. The third-order valence-electron chi connectivity index (χ3n) is 8.00. The maximum atomic E-state index is 12.5. The Kier molecular flexibility index (Phi) is 8.15. The number of benzene rings is 4. The monoisotopic (exact) mass is 545 g/mol. The molecule has 2 aliphatic rings. The normalized spacial score (nSPS) is 15.0. The van der Waals surface area contributed by atoms with Crippen LogP contribution in [-0.4, -0.2) is 42.2 Å². The second-order valence-corrected chi connectivity index (χ2v) is 10.8. The van der Waals surface area contributed by atoms with Crippen molar-refractivity contribution in [1.29, 1.82) is 0 Å². The first-order chi connectivity index (χ1) is 20.1. The molecule has 208 valence electrons. The van der Waals surface area contributed by atoms with Gasteiger partial charge in [0.25, 0.3) is 0 Å². The lowest BCUT2D eigenvalue weighted by Gasteiger charge is -2.26. The minimum Gasteiger partial charge on any atom is -0.508 e. The van der Waals surface area contributed by atoms with Crippen LogP contribution < -0.4 is 9.47 Å². The summed E-state index contributed by atoms with van der Waals surface area (Å²) in [7, 11) is 0. The summed E-state index contributed by atoms with van der Waals surface area (Å²) in [5.74, 6) is 1.31. The molecule has 5 nitrogen and oxygen atoms in total. The van der Waals surface area contributed by atoms with Crippen LogP contribution in [0.3, 0.4) is 0 Å². The first kappa shape index (κ1) is 26.9. The van der Waals surface area contributed by atoms with Crippen LogP contribution in [0.2, 0.25) is 0 Å². The van der Waals surface area contributed by atoms with Gasteiger partial charge in [0.05, 0.1) is 5.56 Å². The summed E-state index contributed by atoms with van der Waals surface area (Å²) in [6, 6.07) is 30.7. The molecule has 1 N–H and O–H groups in total. The van der Waals surface area contributed by atoms with Gasteiger partial charge in [-0.15, -0.1) is 0 Å². The fourth-order valence-corrected chi connectivity index (χ4v) is 5.81. The van der Waals surface area contributed by atoms with E-state index in [4.69, 9.17) is 9.47 Å². The van der Waals surface area contributed by atoms with Crippen LogP contribution in [0.15, 0.2) is 97.1 Å². The number of allylic oxidation sites excluding steroid dienone is 2. The average Bonchev–Trinajstić information content (AvgIpc) is 3.36. The minimum absolute atomic E-state index is 0.276. The van der Waals surface area contributed by atoms with Crippen LogP contribution in [0.1, 0.15) is 51.9 Å². The van der Waals surface area contributed by atoms with Crippen LogP contribution in [-0.2, 0) is 12.8 Å². The summed E-state index contributed by atoms with van der Waals surface area (Å²) in [6.45, 7) is 4.05. The maximum Gasteiger partial charge on any atom is 0.343 e. The smallest absolute Gasteiger partial charge is 0.343 e. The van der Waals surface area contributed by atoms with Crippen molar-refractivity contribution >= 4 is 17.1 Å². The number of carbonyl (C=O) groups excluding carboxylic acids is 1. The zero-order valence-electron chi connectivity index (χ0n) is 23.2. The van der Waals surface area contributed by atoms with E-state index in [0.717, 1.165) is 36.3 Å². The minimum atomic E-state index is -0.374. The molecule has 4 aromatic carbocycles. The van der Waals surface area contributed by atoms with Crippen molar-refractivity contribution in [2.75, 3.05) is 26.2 Å². The van der Waals surface area contributed by atoms with E-state index in [9.17, 15) is 9.90 Å². The lowest BCUT2D eigenvalue weighted by Crippen LogP contribution is -2.33. The second kappa shape index (κ2) is 12.4. The molecule has 0 radical (unpaired) electrons. The van der Waals surface area contributed by atoms with Crippen LogP contribution in [0.25, 0.3) is 11.1 Å². The summed E-state index contributed by atoms with van der Waals surface area (Å²) in [5.41, 5.74) is 7.54. The molecular formula is C36H35NO4. The van der Waals surface area contributed by atoms with E-state index in [0.29, 0.717) is 17.9 Å². The van der Waals surface area contributed by atoms with Crippen LogP contribution in [0.5, 0.6) is 17.2 Å². The van der Waals surface area contributed by atoms with Gasteiger partial charge >= 0.3 is 5.97 Å². The molecule has 1 saturated heterocycles. The Morgan fingerprint density at radius 3 is 2.29 bits per heavy atom. The van der Waals surface area contributed by atoms with Gasteiger partial charge in [-0.2, -0.15) is 0 Å². The van der Waals surface area contributed by atoms with Crippen molar-refractivity contribution in [2.45, 2.75) is 32.1 Å².